The summed E-state index contributed by atoms with van der Waals surface area (Å²) in [6.07, 6.45) is -1.83. The second-order valence-corrected chi connectivity index (χ2v) is 5.39. The van der Waals surface area contributed by atoms with Crippen molar-refractivity contribution in [1.82, 2.24) is 0 Å². The first kappa shape index (κ1) is 16.1. The van der Waals surface area contributed by atoms with Crippen LogP contribution in [-0.2, 0) is 9.53 Å². The molecule has 1 rings (SSSR count). The van der Waals surface area contributed by atoms with Gasteiger partial charge < -0.3 is 15.6 Å². The SMILES string of the molecule is CC(C)(C)OC(=O)C(N)C(F)c1cccc(C(=O)O)c1. The summed E-state index contributed by atoms with van der Waals surface area (Å²) in [5.41, 5.74) is 4.73. The summed E-state index contributed by atoms with van der Waals surface area (Å²) in [5, 5.41) is 8.85. The quantitative estimate of drug-likeness (QED) is 0.825. The normalized spacial score (nSPS) is 14.4. The van der Waals surface area contributed by atoms with Gasteiger partial charge in [0.25, 0.3) is 0 Å². The lowest BCUT2D eigenvalue weighted by molar-refractivity contribution is -0.158. The number of carbonyl (C=O) groups excluding carboxylic acids is 1. The van der Waals surface area contributed by atoms with Crippen molar-refractivity contribution in [3.05, 3.63) is 35.4 Å². The average molecular weight is 283 g/mol. The molecule has 1 aromatic carbocycles. The highest BCUT2D eigenvalue weighted by Crippen LogP contribution is 2.23. The fraction of sp³-hybridized carbons (Fsp3) is 0.429. The first-order valence-corrected chi connectivity index (χ1v) is 6.07. The zero-order chi connectivity index (χ0) is 15.5. The second-order valence-electron chi connectivity index (χ2n) is 5.39. The van der Waals surface area contributed by atoms with Crippen molar-refractivity contribution in [1.29, 1.82) is 0 Å². The van der Waals surface area contributed by atoms with Crippen LogP contribution in [0.2, 0.25) is 0 Å². The van der Waals surface area contributed by atoms with Crippen LogP contribution in [0.15, 0.2) is 24.3 Å². The monoisotopic (exact) mass is 283 g/mol. The molecule has 0 saturated carbocycles. The van der Waals surface area contributed by atoms with E-state index in [0.29, 0.717) is 0 Å². The molecule has 0 fully saturated rings. The lowest BCUT2D eigenvalue weighted by Crippen LogP contribution is -2.40. The maximum atomic E-state index is 14.2. The van der Waals surface area contributed by atoms with Gasteiger partial charge in [0.05, 0.1) is 5.56 Å². The van der Waals surface area contributed by atoms with Gasteiger partial charge in [0, 0.05) is 0 Å². The van der Waals surface area contributed by atoms with Crippen LogP contribution in [-0.4, -0.2) is 28.7 Å². The van der Waals surface area contributed by atoms with Crippen molar-refractivity contribution >= 4 is 11.9 Å². The number of nitrogens with two attached hydrogens (primary N) is 1. The molecular formula is C14H18FNO4. The Morgan fingerprint density at radius 1 is 1.35 bits per heavy atom. The Hall–Kier alpha value is -1.95. The van der Waals surface area contributed by atoms with Crippen molar-refractivity contribution in [2.24, 2.45) is 5.73 Å². The van der Waals surface area contributed by atoms with Crippen molar-refractivity contribution in [2.75, 3.05) is 0 Å². The number of halogens is 1. The number of aromatic carboxylic acids is 1. The van der Waals surface area contributed by atoms with Gasteiger partial charge in [-0.05, 0) is 38.5 Å². The smallest absolute Gasteiger partial charge is 0.335 e. The Balaban J connectivity index is 2.88. The third-order valence-corrected chi connectivity index (χ3v) is 2.45. The van der Waals surface area contributed by atoms with Gasteiger partial charge in [-0.25, -0.2) is 9.18 Å². The Bertz CT molecular complexity index is 510. The number of esters is 1. The lowest BCUT2D eigenvalue weighted by atomic mass is 10.0. The van der Waals surface area contributed by atoms with E-state index >= 15 is 0 Å². The minimum atomic E-state index is -1.83. The highest BCUT2D eigenvalue weighted by atomic mass is 19.1. The molecule has 0 bridgehead atoms. The lowest BCUT2D eigenvalue weighted by Gasteiger charge is -2.23. The molecule has 20 heavy (non-hydrogen) atoms. The van der Waals surface area contributed by atoms with E-state index in [9.17, 15) is 14.0 Å². The summed E-state index contributed by atoms with van der Waals surface area (Å²) in [4.78, 5) is 22.5. The van der Waals surface area contributed by atoms with Gasteiger partial charge in [-0.3, -0.25) is 4.79 Å². The van der Waals surface area contributed by atoms with E-state index in [0.717, 1.165) is 6.07 Å². The van der Waals surface area contributed by atoms with Gasteiger partial charge in [-0.1, -0.05) is 12.1 Å². The Morgan fingerprint density at radius 3 is 2.45 bits per heavy atom. The topological polar surface area (TPSA) is 89.6 Å². The summed E-state index contributed by atoms with van der Waals surface area (Å²) in [7, 11) is 0. The molecule has 0 aliphatic rings. The first-order valence-electron chi connectivity index (χ1n) is 6.07. The maximum absolute atomic E-state index is 14.2. The number of benzene rings is 1. The molecule has 6 heteroatoms. The highest BCUT2D eigenvalue weighted by molar-refractivity contribution is 5.87. The summed E-state index contributed by atoms with van der Waals surface area (Å²) < 4.78 is 19.2. The third kappa shape index (κ3) is 4.31. The number of alkyl halides is 1. The molecule has 2 atom stereocenters. The summed E-state index contributed by atoms with van der Waals surface area (Å²) >= 11 is 0. The van der Waals surface area contributed by atoms with E-state index in [2.05, 4.69) is 0 Å². The van der Waals surface area contributed by atoms with Crippen LogP contribution >= 0.6 is 0 Å². The van der Waals surface area contributed by atoms with E-state index in [1.165, 1.54) is 18.2 Å². The molecule has 0 heterocycles. The molecule has 0 spiro atoms. The van der Waals surface area contributed by atoms with Crippen molar-refractivity contribution < 1.29 is 23.8 Å². The predicted molar refractivity (Wildman–Crippen MR) is 71.1 cm³/mol. The van der Waals surface area contributed by atoms with Gasteiger partial charge in [-0.15, -0.1) is 0 Å². The highest BCUT2D eigenvalue weighted by Gasteiger charge is 2.30. The number of carboxylic acid groups (broad SMARTS) is 1. The number of rotatable bonds is 4. The molecule has 5 nitrogen and oxygen atoms in total. The zero-order valence-corrected chi connectivity index (χ0v) is 11.6. The molecule has 0 saturated heterocycles. The van der Waals surface area contributed by atoms with E-state index in [1.807, 2.05) is 0 Å². The van der Waals surface area contributed by atoms with Crippen molar-refractivity contribution in [2.45, 2.75) is 38.6 Å². The second kappa shape index (κ2) is 6.00. The van der Waals surface area contributed by atoms with Crippen molar-refractivity contribution in [3.63, 3.8) is 0 Å². The Kier molecular flexibility index (Phi) is 4.83. The van der Waals surface area contributed by atoms with Crippen LogP contribution in [0.1, 0.15) is 42.9 Å². The zero-order valence-electron chi connectivity index (χ0n) is 11.6. The van der Waals surface area contributed by atoms with E-state index < -0.39 is 29.8 Å². The first-order chi connectivity index (χ1) is 9.11. The molecule has 110 valence electrons. The Labute approximate surface area is 116 Å². The number of carbonyl (C=O) groups is 2. The molecule has 0 aliphatic carbocycles. The summed E-state index contributed by atoms with van der Waals surface area (Å²) in [5.74, 6) is -2.05. The number of carboxylic acids is 1. The van der Waals surface area contributed by atoms with Gasteiger partial charge in [0.2, 0.25) is 0 Å². The van der Waals surface area contributed by atoms with Gasteiger partial charge in [-0.2, -0.15) is 0 Å². The minimum Gasteiger partial charge on any atom is -0.478 e. The largest absolute Gasteiger partial charge is 0.478 e. The molecule has 3 N–H and O–H groups in total. The molecule has 0 aliphatic heterocycles. The Morgan fingerprint density at radius 2 is 1.95 bits per heavy atom. The van der Waals surface area contributed by atoms with E-state index in [4.69, 9.17) is 15.6 Å². The van der Waals surface area contributed by atoms with Gasteiger partial charge in [0.15, 0.2) is 6.17 Å². The van der Waals surface area contributed by atoms with Gasteiger partial charge in [0.1, 0.15) is 11.6 Å². The minimum absolute atomic E-state index is 0.0308. The fourth-order valence-electron chi connectivity index (χ4n) is 1.54. The number of hydrogen-bond donors (Lipinski definition) is 2. The molecular weight excluding hydrogens is 265 g/mol. The van der Waals surface area contributed by atoms with Crippen LogP contribution in [0, 0.1) is 0 Å². The van der Waals surface area contributed by atoms with Crippen LogP contribution in [0.3, 0.4) is 0 Å². The van der Waals surface area contributed by atoms with Crippen LogP contribution < -0.4 is 5.73 Å². The predicted octanol–water partition coefficient (Wildman–Crippen LogP) is 2.06. The van der Waals surface area contributed by atoms with Gasteiger partial charge >= 0.3 is 11.9 Å². The average Bonchev–Trinajstić information content (AvgIpc) is 2.35. The summed E-state index contributed by atoms with van der Waals surface area (Å²) in [6, 6.07) is 3.75. The number of ether oxygens (including phenoxy) is 1. The van der Waals surface area contributed by atoms with Crippen molar-refractivity contribution in [3.8, 4) is 0 Å². The van der Waals surface area contributed by atoms with Crippen LogP contribution in [0.5, 0.6) is 0 Å². The third-order valence-electron chi connectivity index (χ3n) is 2.45. The van der Waals surface area contributed by atoms with Crippen LogP contribution in [0.4, 0.5) is 4.39 Å². The molecule has 2 unspecified atom stereocenters. The molecule has 1 aromatic rings. The fourth-order valence-corrected chi connectivity index (χ4v) is 1.54. The number of hydrogen-bond acceptors (Lipinski definition) is 4. The van der Waals surface area contributed by atoms with E-state index in [1.54, 1.807) is 20.8 Å². The molecule has 0 radical (unpaired) electrons. The molecule has 0 aromatic heterocycles. The van der Waals surface area contributed by atoms with E-state index in [-0.39, 0.29) is 11.1 Å². The molecule has 0 amide bonds. The van der Waals surface area contributed by atoms with Crippen LogP contribution in [0.25, 0.3) is 0 Å². The standard InChI is InChI=1S/C14H18FNO4/c1-14(2,3)20-13(19)11(16)10(15)8-5-4-6-9(7-8)12(17)18/h4-7,10-11H,16H2,1-3H3,(H,17,18). The summed E-state index contributed by atoms with van der Waals surface area (Å²) in [6.45, 7) is 4.95. The maximum Gasteiger partial charge on any atom is 0.335 e.